The third-order valence-corrected chi connectivity index (χ3v) is 4.47. The Morgan fingerprint density at radius 2 is 1.88 bits per heavy atom. The van der Waals surface area contributed by atoms with Gasteiger partial charge >= 0.3 is 0 Å². The molecule has 0 amide bonds. The highest BCUT2D eigenvalue weighted by atomic mass is 32.2. The SMILES string of the molecule is Cc1ccccc1OCC#CCNS(=O)(=O)c1cc(F)ccc1F. The average molecular weight is 351 g/mol. The second-order valence-corrected chi connectivity index (χ2v) is 6.54. The Balaban J connectivity index is 1.90. The van der Waals surface area contributed by atoms with Crippen LogP contribution in [-0.2, 0) is 10.0 Å². The first kappa shape index (κ1) is 17.9. The molecule has 0 aliphatic rings. The third-order valence-electron chi connectivity index (χ3n) is 3.05. The topological polar surface area (TPSA) is 55.4 Å². The molecule has 1 N–H and O–H groups in total. The summed E-state index contributed by atoms with van der Waals surface area (Å²) >= 11 is 0. The molecular formula is C17H15F2NO3S. The molecule has 0 radical (unpaired) electrons. The highest BCUT2D eigenvalue weighted by molar-refractivity contribution is 7.89. The van der Waals surface area contributed by atoms with E-state index >= 15 is 0 Å². The fraction of sp³-hybridized carbons (Fsp3) is 0.176. The van der Waals surface area contributed by atoms with Crippen molar-refractivity contribution in [1.29, 1.82) is 0 Å². The van der Waals surface area contributed by atoms with E-state index in [9.17, 15) is 17.2 Å². The van der Waals surface area contributed by atoms with E-state index in [1.807, 2.05) is 25.1 Å². The quantitative estimate of drug-likeness (QED) is 0.843. The Bertz CT molecular complexity index is 886. The van der Waals surface area contributed by atoms with Gasteiger partial charge < -0.3 is 4.74 Å². The first-order valence-corrected chi connectivity index (χ1v) is 8.47. The lowest BCUT2D eigenvalue weighted by Crippen LogP contribution is -2.25. The number of halogens is 2. The minimum atomic E-state index is -4.17. The van der Waals surface area contributed by atoms with E-state index in [0.717, 1.165) is 17.7 Å². The molecule has 2 aromatic rings. The monoisotopic (exact) mass is 351 g/mol. The van der Waals surface area contributed by atoms with Crippen LogP contribution in [0, 0.1) is 30.4 Å². The maximum atomic E-state index is 13.5. The van der Waals surface area contributed by atoms with Crippen molar-refractivity contribution in [2.24, 2.45) is 0 Å². The maximum absolute atomic E-state index is 13.5. The summed E-state index contributed by atoms with van der Waals surface area (Å²) in [5.41, 5.74) is 0.960. The minimum Gasteiger partial charge on any atom is -0.481 e. The van der Waals surface area contributed by atoms with Crippen molar-refractivity contribution >= 4 is 10.0 Å². The van der Waals surface area contributed by atoms with E-state index in [0.29, 0.717) is 11.8 Å². The molecule has 0 heterocycles. The summed E-state index contributed by atoms with van der Waals surface area (Å²) in [6, 6.07) is 9.62. The van der Waals surface area contributed by atoms with Crippen LogP contribution in [0.4, 0.5) is 8.78 Å². The lowest BCUT2D eigenvalue weighted by atomic mass is 10.2. The summed E-state index contributed by atoms with van der Waals surface area (Å²) in [7, 11) is -4.17. The number of para-hydroxylation sites is 1. The van der Waals surface area contributed by atoms with Gasteiger partial charge in [0.05, 0.1) is 6.54 Å². The van der Waals surface area contributed by atoms with Crippen molar-refractivity contribution in [2.45, 2.75) is 11.8 Å². The van der Waals surface area contributed by atoms with Crippen LogP contribution in [0.25, 0.3) is 0 Å². The van der Waals surface area contributed by atoms with Crippen molar-refractivity contribution in [3.8, 4) is 17.6 Å². The molecular weight excluding hydrogens is 336 g/mol. The Morgan fingerprint density at radius 1 is 1.12 bits per heavy atom. The first-order chi connectivity index (χ1) is 11.4. The first-order valence-electron chi connectivity index (χ1n) is 6.99. The van der Waals surface area contributed by atoms with Gasteiger partial charge in [-0.1, -0.05) is 30.0 Å². The molecule has 0 saturated heterocycles. The van der Waals surface area contributed by atoms with Gasteiger partial charge in [0.25, 0.3) is 0 Å². The molecule has 2 rings (SSSR count). The van der Waals surface area contributed by atoms with Crippen LogP contribution in [0.5, 0.6) is 5.75 Å². The zero-order valence-corrected chi connectivity index (χ0v) is 13.7. The van der Waals surface area contributed by atoms with Gasteiger partial charge in [-0.3, -0.25) is 0 Å². The summed E-state index contributed by atoms with van der Waals surface area (Å²) in [4.78, 5) is -0.750. The Hall–Kier alpha value is -2.43. The molecule has 0 saturated carbocycles. The second kappa shape index (κ2) is 7.90. The van der Waals surface area contributed by atoms with Crippen LogP contribution in [0.2, 0.25) is 0 Å². The molecule has 0 aliphatic heterocycles. The van der Waals surface area contributed by atoms with Crippen LogP contribution in [0.3, 0.4) is 0 Å². The van der Waals surface area contributed by atoms with E-state index < -0.39 is 26.6 Å². The molecule has 2 aromatic carbocycles. The summed E-state index contributed by atoms with van der Waals surface area (Å²) < 4.78 is 57.8. The molecule has 0 bridgehead atoms. The van der Waals surface area contributed by atoms with E-state index in [1.54, 1.807) is 6.07 Å². The fourth-order valence-corrected chi connectivity index (χ4v) is 2.85. The van der Waals surface area contributed by atoms with Crippen LogP contribution in [0.15, 0.2) is 47.4 Å². The van der Waals surface area contributed by atoms with Gasteiger partial charge in [-0.15, -0.1) is 0 Å². The van der Waals surface area contributed by atoms with Crippen molar-refractivity contribution in [2.75, 3.05) is 13.2 Å². The van der Waals surface area contributed by atoms with Crippen LogP contribution < -0.4 is 9.46 Å². The molecule has 24 heavy (non-hydrogen) atoms. The largest absolute Gasteiger partial charge is 0.481 e. The zero-order valence-electron chi connectivity index (χ0n) is 12.8. The number of hydrogen-bond donors (Lipinski definition) is 1. The zero-order chi connectivity index (χ0) is 17.6. The number of hydrogen-bond acceptors (Lipinski definition) is 3. The van der Waals surface area contributed by atoms with Gasteiger partial charge in [-0.25, -0.2) is 17.2 Å². The predicted octanol–water partition coefficient (Wildman–Crippen LogP) is 2.63. The van der Waals surface area contributed by atoms with E-state index in [1.165, 1.54) is 0 Å². The number of aryl methyl sites for hydroxylation is 1. The van der Waals surface area contributed by atoms with Crippen LogP contribution in [0.1, 0.15) is 5.56 Å². The summed E-state index contributed by atoms with van der Waals surface area (Å²) in [5, 5.41) is 0. The van der Waals surface area contributed by atoms with Gasteiger partial charge in [0, 0.05) is 0 Å². The number of ether oxygens (including phenoxy) is 1. The normalized spacial score (nSPS) is 10.8. The summed E-state index contributed by atoms with van der Waals surface area (Å²) in [6.45, 7) is 1.74. The standard InChI is InChI=1S/C17H15F2NO3S/c1-13-6-2-3-7-16(13)23-11-5-4-10-20-24(21,22)17-12-14(18)8-9-15(17)19/h2-3,6-9,12,20H,10-11H2,1H3. The third kappa shape index (κ3) is 4.78. The smallest absolute Gasteiger partial charge is 0.244 e. The molecule has 0 aliphatic carbocycles. The number of rotatable bonds is 5. The number of benzene rings is 2. The van der Waals surface area contributed by atoms with E-state index in [4.69, 9.17) is 4.74 Å². The summed E-state index contributed by atoms with van der Waals surface area (Å²) in [6.07, 6.45) is 0. The van der Waals surface area contributed by atoms with Crippen LogP contribution in [-0.4, -0.2) is 21.6 Å². The van der Waals surface area contributed by atoms with Gasteiger partial charge in [0.2, 0.25) is 10.0 Å². The van der Waals surface area contributed by atoms with Gasteiger partial charge in [-0.2, -0.15) is 4.72 Å². The average Bonchev–Trinajstić information content (AvgIpc) is 2.54. The molecule has 4 nitrogen and oxygen atoms in total. The van der Waals surface area contributed by atoms with Gasteiger partial charge in [0.1, 0.15) is 28.9 Å². The molecule has 7 heteroatoms. The van der Waals surface area contributed by atoms with Crippen molar-refractivity contribution < 1.29 is 21.9 Å². The Labute approximate surface area is 139 Å². The fourth-order valence-electron chi connectivity index (χ4n) is 1.84. The van der Waals surface area contributed by atoms with Gasteiger partial charge in [0.15, 0.2) is 0 Å². The summed E-state index contributed by atoms with van der Waals surface area (Å²) in [5.74, 6) is 4.02. The van der Waals surface area contributed by atoms with E-state index in [2.05, 4.69) is 16.6 Å². The van der Waals surface area contributed by atoms with Crippen molar-refractivity contribution in [3.05, 3.63) is 59.7 Å². The number of nitrogens with one attached hydrogen (secondary N) is 1. The maximum Gasteiger partial charge on any atom is 0.244 e. The predicted molar refractivity (Wildman–Crippen MR) is 86.0 cm³/mol. The van der Waals surface area contributed by atoms with Crippen molar-refractivity contribution in [1.82, 2.24) is 4.72 Å². The Morgan fingerprint density at radius 3 is 2.62 bits per heavy atom. The second-order valence-electron chi connectivity index (χ2n) is 4.81. The van der Waals surface area contributed by atoms with Crippen molar-refractivity contribution in [3.63, 3.8) is 0 Å². The minimum absolute atomic E-state index is 0.0842. The molecule has 126 valence electrons. The highest BCUT2D eigenvalue weighted by Gasteiger charge is 2.18. The molecule has 0 aromatic heterocycles. The number of sulfonamides is 1. The molecule has 0 spiro atoms. The molecule has 0 unspecified atom stereocenters. The lowest BCUT2D eigenvalue weighted by Gasteiger charge is -2.05. The highest BCUT2D eigenvalue weighted by Crippen LogP contribution is 2.16. The Kier molecular flexibility index (Phi) is 5.90. The van der Waals surface area contributed by atoms with Crippen LogP contribution >= 0.6 is 0 Å². The van der Waals surface area contributed by atoms with Gasteiger partial charge in [-0.05, 0) is 36.8 Å². The molecule has 0 atom stereocenters. The van der Waals surface area contributed by atoms with E-state index in [-0.39, 0.29) is 13.2 Å². The lowest BCUT2D eigenvalue weighted by molar-refractivity contribution is 0.367. The molecule has 0 fully saturated rings.